The molecule has 1 aromatic rings. The third-order valence-electron chi connectivity index (χ3n) is 4.26. The SMILES string of the molecule is COc1cc(CN2CCCCC2)ccc1CNCCN(C)C. The Morgan fingerprint density at radius 1 is 1.18 bits per heavy atom. The van der Waals surface area contributed by atoms with Gasteiger partial charge in [0, 0.05) is 31.7 Å². The van der Waals surface area contributed by atoms with Gasteiger partial charge in [0.05, 0.1) is 7.11 Å². The molecule has 0 aliphatic carbocycles. The van der Waals surface area contributed by atoms with Crippen molar-refractivity contribution in [1.29, 1.82) is 0 Å². The van der Waals surface area contributed by atoms with Crippen LogP contribution in [0.3, 0.4) is 0 Å². The molecule has 1 aromatic carbocycles. The molecule has 0 unspecified atom stereocenters. The van der Waals surface area contributed by atoms with E-state index in [-0.39, 0.29) is 0 Å². The second-order valence-corrected chi connectivity index (χ2v) is 6.46. The van der Waals surface area contributed by atoms with E-state index >= 15 is 0 Å². The Morgan fingerprint density at radius 2 is 1.95 bits per heavy atom. The Balaban J connectivity index is 1.88. The highest BCUT2D eigenvalue weighted by Crippen LogP contribution is 2.22. The summed E-state index contributed by atoms with van der Waals surface area (Å²) in [5, 5.41) is 3.48. The minimum absolute atomic E-state index is 0.862. The topological polar surface area (TPSA) is 27.7 Å². The molecule has 1 fully saturated rings. The summed E-state index contributed by atoms with van der Waals surface area (Å²) in [6.45, 7) is 6.42. The molecule has 0 saturated carbocycles. The molecule has 0 bridgehead atoms. The van der Waals surface area contributed by atoms with Crippen molar-refractivity contribution in [2.75, 3.05) is 47.4 Å². The van der Waals surface area contributed by atoms with Gasteiger partial charge in [-0.05, 0) is 51.7 Å². The number of likely N-dealkylation sites (N-methyl/N-ethyl adjacent to an activating group) is 1. The van der Waals surface area contributed by atoms with E-state index in [0.29, 0.717) is 0 Å². The molecule has 1 aliphatic heterocycles. The van der Waals surface area contributed by atoms with Crippen molar-refractivity contribution in [1.82, 2.24) is 15.1 Å². The summed E-state index contributed by atoms with van der Waals surface area (Å²) < 4.78 is 5.58. The summed E-state index contributed by atoms with van der Waals surface area (Å²) in [5.74, 6) is 1.01. The van der Waals surface area contributed by atoms with Crippen LogP contribution in [0.15, 0.2) is 18.2 Å². The van der Waals surface area contributed by atoms with Crippen LogP contribution in [0, 0.1) is 0 Å². The van der Waals surface area contributed by atoms with Crippen LogP contribution in [0.1, 0.15) is 30.4 Å². The largest absolute Gasteiger partial charge is 0.496 e. The quantitative estimate of drug-likeness (QED) is 0.746. The third kappa shape index (κ3) is 5.59. The van der Waals surface area contributed by atoms with E-state index in [1.54, 1.807) is 7.11 Å². The standard InChI is InChI=1S/C18H31N3O/c1-20(2)12-9-19-14-17-8-7-16(13-18(17)22-3)15-21-10-5-4-6-11-21/h7-8,13,19H,4-6,9-12,14-15H2,1-3H3. The van der Waals surface area contributed by atoms with E-state index in [4.69, 9.17) is 4.74 Å². The number of nitrogens with zero attached hydrogens (tertiary/aromatic N) is 2. The van der Waals surface area contributed by atoms with Crippen LogP contribution in [-0.4, -0.2) is 57.2 Å². The number of benzene rings is 1. The first-order valence-electron chi connectivity index (χ1n) is 8.42. The summed E-state index contributed by atoms with van der Waals surface area (Å²) in [7, 11) is 5.96. The summed E-state index contributed by atoms with van der Waals surface area (Å²) in [6, 6.07) is 6.67. The molecule has 124 valence electrons. The number of hydrogen-bond acceptors (Lipinski definition) is 4. The van der Waals surface area contributed by atoms with Crippen LogP contribution in [0.2, 0.25) is 0 Å². The maximum atomic E-state index is 5.58. The molecule has 1 N–H and O–H groups in total. The van der Waals surface area contributed by atoms with E-state index in [0.717, 1.165) is 31.9 Å². The van der Waals surface area contributed by atoms with Gasteiger partial charge >= 0.3 is 0 Å². The van der Waals surface area contributed by atoms with E-state index in [9.17, 15) is 0 Å². The van der Waals surface area contributed by atoms with E-state index in [2.05, 4.69) is 47.4 Å². The van der Waals surface area contributed by atoms with Crippen molar-refractivity contribution in [3.63, 3.8) is 0 Å². The predicted octanol–water partition coefficient (Wildman–Crippen LogP) is 2.33. The minimum Gasteiger partial charge on any atom is -0.496 e. The molecular formula is C18H31N3O. The van der Waals surface area contributed by atoms with Gasteiger partial charge in [-0.3, -0.25) is 4.90 Å². The lowest BCUT2D eigenvalue weighted by molar-refractivity contribution is 0.220. The number of likely N-dealkylation sites (tertiary alicyclic amines) is 1. The van der Waals surface area contributed by atoms with Crippen molar-refractivity contribution in [3.8, 4) is 5.75 Å². The number of piperidine rings is 1. The second-order valence-electron chi connectivity index (χ2n) is 6.46. The average molecular weight is 305 g/mol. The summed E-state index contributed by atoms with van der Waals surface area (Å²) in [6.07, 6.45) is 4.06. The normalized spacial score (nSPS) is 16.2. The zero-order chi connectivity index (χ0) is 15.8. The lowest BCUT2D eigenvalue weighted by Crippen LogP contribution is -2.29. The van der Waals surface area contributed by atoms with Crippen LogP contribution >= 0.6 is 0 Å². The van der Waals surface area contributed by atoms with Gasteiger partial charge < -0.3 is 15.0 Å². The average Bonchev–Trinajstić information content (AvgIpc) is 2.53. The van der Waals surface area contributed by atoms with Gasteiger partial charge in [-0.2, -0.15) is 0 Å². The molecule has 4 nitrogen and oxygen atoms in total. The summed E-state index contributed by atoms with van der Waals surface area (Å²) in [5.41, 5.74) is 2.60. The monoisotopic (exact) mass is 305 g/mol. The van der Waals surface area contributed by atoms with Crippen molar-refractivity contribution in [3.05, 3.63) is 29.3 Å². The molecule has 0 radical (unpaired) electrons. The molecule has 22 heavy (non-hydrogen) atoms. The van der Waals surface area contributed by atoms with Gasteiger partial charge in [0.1, 0.15) is 5.75 Å². The maximum Gasteiger partial charge on any atom is 0.123 e. The van der Waals surface area contributed by atoms with Gasteiger partial charge in [-0.15, -0.1) is 0 Å². The highest BCUT2D eigenvalue weighted by Gasteiger charge is 2.12. The van der Waals surface area contributed by atoms with Crippen molar-refractivity contribution in [2.45, 2.75) is 32.4 Å². The molecular weight excluding hydrogens is 274 g/mol. The number of nitrogens with one attached hydrogen (secondary N) is 1. The Hall–Kier alpha value is -1.10. The first-order valence-corrected chi connectivity index (χ1v) is 8.42. The lowest BCUT2D eigenvalue weighted by atomic mass is 10.1. The Bertz CT molecular complexity index is 442. The molecule has 4 heteroatoms. The molecule has 2 rings (SSSR count). The second kappa shape index (κ2) is 9.13. The lowest BCUT2D eigenvalue weighted by Gasteiger charge is -2.26. The number of hydrogen-bond donors (Lipinski definition) is 1. The first-order chi connectivity index (χ1) is 10.7. The van der Waals surface area contributed by atoms with E-state index < -0.39 is 0 Å². The highest BCUT2D eigenvalue weighted by atomic mass is 16.5. The minimum atomic E-state index is 0.862. The van der Waals surface area contributed by atoms with E-state index in [1.165, 1.54) is 43.5 Å². The van der Waals surface area contributed by atoms with Crippen molar-refractivity contribution in [2.24, 2.45) is 0 Å². The summed E-state index contributed by atoms with van der Waals surface area (Å²) in [4.78, 5) is 4.74. The molecule has 0 spiro atoms. The Kier molecular flexibility index (Phi) is 7.16. The third-order valence-corrected chi connectivity index (χ3v) is 4.26. The van der Waals surface area contributed by atoms with Crippen molar-refractivity contribution < 1.29 is 4.74 Å². The first kappa shape index (κ1) is 17.3. The van der Waals surface area contributed by atoms with Gasteiger partial charge in [0.2, 0.25) is 0 Å². The zero-order valence-electron chi connectivity index (χ0n) is 14.4. The molecule has 1 heterocycles. The van der Waals surface area contributed by atoms with Gasteiger partial charge in [-0.1, -0.05) is 18.6 Å². The predicted molar refractivity (Wildman–Crippen MR) is 92.4 cm³/mol. The van der Waals surface area contributed by atoms with Gasteiger partial charge in [0.25, 0.3) is 0 Å². The van der Waals surface area contributed by atoms with Crippen LogP contribution in [0.4, 0.5) is 0 Å². The molecule has 0 amide bonds. The molecule has 0 aromatic heterocycles. The number of rotatable bonds is 8. The maximum absolute atomic E-state index is 5.58. The van der Waals surface area contributed by atoms with Crippen LogP contribution in [0.25, 0.3) is 0 Å². The van der Waals surface area contributed by atoms with Crippen LogP contribution in [-0.2, 0) is 13.1 Å². The van der Waals surface area contributed by atoms with E-state index in [1.807, 2.05) is 0 Å². The molecule has 0 atom stereocenters. The van der Waals surface area contributed by atoms with Gasteiger partial charge in [-0.25, -0.2) is 0 Å². The molecule has 1 aliphatic rings. The number of methoxy groups -OCH3 is 1. The molecule has 1 saturated heterocycles. The van der Waals surface area contributed by atoms with Crippen LogP contribution in [0.5, 0.6) is 5.75 Å². The smallest absolute Gasteiger partial charge is 0.123 e. The Labute approximate surface area is 135 Å². The zero-order valence-corrected chi connectivity index (χ0v) is 14.4. The fourth-order valence-corrected chi connectivity index (χ4v) is 2.93. The van der Waals surface area contributed by atoms with Crippen LogP contribution < -0.4 is 10.1 Å². The number of ether oxygens (including phenoxy) is 1. The fraction of sp³-hybridized carbons (Fsp3) is 0.667. The van der Waals surface area contributed by atoms with Gasteiger partial charge in [0.15, 0.2) is 0 Å². The Morgan fingerprint density at radius 3 is 2.64 bits per heavy atom. The van der Waals surface area contributed by atoms with Crippen molar-refractivity contribution >= 4 is 0 Å². The summed E-state index contributed by atoms with van der Waals surface area (Å²) >= 11 is 0. The fourth-order valence-electron chi connectivity index (χ4n) is 2.93. The highest BCUT2D eigenvalue weighted by molar-refractivity contribution is 5.37.